The molecule has 0 spiro atoms. The number of aliphatic hydroxyl groups excluding tert-OH is 2. The fraction of sp³-hybridized carbons (Fsp3) is 0.500. The molecule has 0 aromatic carbocycles. The molecule has 2 aliphatic rings. The van der Waals surface area contributed by atoms with E-state index in [1.807, 2.05) is 0 Å². The number of alkyl halides is 1. The smallest absolute Gasteiger partial charge is 0.386 e. The van der Waals surface area contributed by atoms with Crippen LogP contribution >= 0.6 is 39.1 Å². The lowest BCUT2D eigenvalue weighted by molar-refractivity contribution is -0.0316. The van der Waals surface area contributed by atoms with Gasteiger partial charge in [0.05, 0.1) is 37.2 Å². The third kappa shape index (κ3) is 5.87. The molecule has 4 aromatic heterocycles. The van der Waals surface area contributed by atoms with E-state index >= 15 is 4.39 Å². The van der Waals surface area contributed by atoms with Crippen LogP contribution in [0.3, 0.4) is 0 Å². The first kappa shape index (κ1) is 32.3. The van der Waals surface area contributed by atoms with E-state index in [-0.39, 0.29) is 28.3 Å². The second kappa shape index (κ2) is 12.2. The molecule has 0 saturated carbocycles. The monoisotopic (exact) mass is 711 g/mol. The summed E-state index contributed by atoms with van der Waals surface area (Å²) in [5.41, 5.74) is 3.90. The number of thioether (sulfide) groups is 1. The molecule has 0 radical (unpaired) electrons. The van der Waals surface area contributed by atoms with E-state index in [9.17, 15) is 33.8 Å². The number of anilines is 1. The Morgan fingerprint density at radius 1 is 1.27 bits per heavy atom. The van der Waals surface area contributed by atoms with Crippen molar-refractivity contribution in [1.82, 2.24) is 39.0 Å². The van der Waals surface area contributed by atoms with Gasteiger partial charge in [0.15, 0.2) is 28.4 Å². The molecule has 2 unspecified atom stereocenters. The van der Waals surface area contributed by atoms with Crippen LogP contribution in [-0.2, 0) is 33.2 Å². The van der Waals surface area contributed by atoms with E-state index in [1.165, 1.54) is 10.9 Å². The van der Waals surface area contributed by atoms with Crippen molar-refractivity contribution in [3.8, 4) is 0 Å². The number of hydrogen-bond donors (Lipinski definition) is 7. The number of imidazole rings is 2. The molecule has 0 aliphatic carbocycles. The minimum atomic E-state index is -4.47. The average molecular weight is 712 g/mol. The molecule has 2 aliphatic heterocycles. The van der Waals surface area contributed by atoms with Gasteiger partial charge in [0.2, 0.25) is 11.7 Å². The number of hydrogen-bond acceptors (Lipinski definition) is 16. The first-order valence-corrected chi connectivity index (χ1v) is 17.7. The topological polar surface area (TPSA) is 285 Å². The van der Waals surface area contributed by atoms with E-state index in [0.717, 1.165) is 29.0 Å². The van der Waals surface area contributed by atoms with Gasteiger partial charge in [0, 0.05) is 0 Å². The number of nitrogens with one attached hydrogen (secondary N) is 2. The molecular weight excluding hydrogens is 687 g/mol. The van der Waals surface area contributed by atoms with Crippen molar-refractivity contribution in [3.05, 3.63) is 39.7 Å². The standard InChI is InChI=1S/C20H24FN9O11P2S2/c21-20(30-6-26-9-14(30)23-4-24-16(9)33)3-38-7(13(20)40-42(35)36)2-39-43(37,44)41-12-11(32)8(1-31)45-18(12)29-5-25-10-15(29)27-19(22)28-17(10)34/h4-8,11-13,18,31-32,42H,1-3H2,(H,35,36)(H,37,44)(H,23,24,33)(H3,22,27,28,34)/t7-,8-,11-,12-,13-,18-,20-,43?/m1/s1. The van der Waals surface area contributed by atoms with Crippen molar-refractivity contribution in [2.75, 3.05) is 25.6 Å². The van der Waals surface area contributed by atoms with E-state index < -0.39 is 86.8 Å². The summed E-state index contributed by atoms with van der Waals surface area (Å²) in [4.78, 5) is 54.3. The Morgan fingerprint density at radius 2 is 2.00 bits per heavy atom. The van der Waals surface area contributed by atoms with Gasteiger partial charge in [-0.1, -0.05) is 12.2 Å². The molecule has 0 bridgehead atoms. The molecule has 6 rings (SSSR count). The summed E-state index contributed by atoms with van der Waals surface area (Å²) < 4.78 is 65.3. The van der Waals surface area contributed by atoms with Gasteiger partial charge < -0.3 is 30.6 Å². The summed E-state index contributed by atoms with van der Waals surface area (Å²) in [7, 11) is -3.79. The quantitative estimate of drug-likeness (QED) is 0.0769. The van der Waals surface area contributed by atoms with Crippen LogP contribution in [0.1, 0.15) is 5.37 Å². The number of aromatic amines is 2. The second-order valence-electron chi connectivity index (χ2n) is 9.84. The van der Waals surface area contributed by atoms with Crippen LogP contribution in [0.25, 0.3) is 22.3 Å². The predicted molar refractivity (Wildman–Crippen MR) is 157 cm³/mol. The van der Waals surface area contributed by atoms with Crippen LogP contribution in [0.2, 0.25) is 0 Å². The number of thiol groups is 1. The fourth-order valence-electron chi connectivity index (χ4n) is 5.10. The molecule has 0 amide bonds. The van der Waals surface area contributed by atoms with Gasteiger partial charge in [0.25, 0.3) is 11.1 Å². The Kier molecular flexibility index (Phi) is 8.71. The number of H-pyrrole nitrogens is 2. The highest BCUT2D eigenvalue weighted by atomic mass is 32.7. The maximum absolute atomic E-state index is 16.5. The van der Waals surface area contributed by atoms with E-state index in [0.29, 0.717) is 0 Å². The second-order valence-corrected chi connectivity index (χ2v) is 14.8. The number of halogens is 1. The molecular formula is C20H24FN9O11P2S2. The van der Waals surface area contributed by atoms with Gasteiger partial charge in [-0.3, -0.25) is 41.8 Å². The number of ether oxygens (including phenoxy) is 1. The van der Waals surface area contributed by atoms with Crippen molar-refractivity contribution in [3.63, 3.8) is 0 Å². The Balaban J connectivity index is 1.23. The van der Waals surface area contributed by atoms with E-state index in [2.05, 4.69) is 42.2 Å². The summed E-state index contributed by atoms with van der Waals surface area (Å²) in [6.07, 6.45) is -2.96. The minimum Gasteiger partial charge on any atom is -0.395 e. The number of rotatable bonds is 10. The summed E-state index contributed by atoms with van der Waals surface area (Å²) in [6.45, 7) is -6.51. The Morgan fingerprint density at radius 3 is 2.73 bits per heavy atom. The van der Waals surface area contributed by atoms with Crippen LogP contribution in [0.15, 0.2) is 28.6 Å². The molecule has 4 aromatic rings. The van der Waals surface area contributed by atoms with Gasteiger partial charge in [-0.2, -0.15) is 4.98 Å². The van der Waals surface area contributed by atoms with Crippen molar-refractivity contribution in [1.29, 1.82) is 0 Å². The van der Waals surface area contributed by atoms with Crippen LogP contribution < -0.4 is 16.9 Å². The van der Waals surface area contributed by atoms with Crippen LogP contribution in [-0.4, -0.2) is 104 Å². The predicted octanol–water partition coefficient (Wildman–Crippen LogP) is -0.970. The minimum absolute atomic E-state index is 0.0180. The maximum Gasteiger partial charge on any atom is 0.386 e. The van der Waals surface area contributed by atoms with Gasteiger partial charge in [-0.25, -0.2) is 23.9 Å². The SMILES string of the molecule is Nc1nc2c(ncn2[C@@H]2S[C@H](CO)[C@@H](O)[C@H]2OP(=O)(S)OC[C@H]2OC[C@@](F)(n3cnc4c(=O)[nH]cnc43)[C@@H]2O[PH](=O)O)c(=O)[nH]1. The van der Waals surface area contributed by atoms with Crippen LogP contribution in [0.5, 0.6) is 0 Å². The number of nitrogens with two attached hydrogens (primary N) is 1. The van der Waals surface area contributed by atoms with Crippen molar-refractivity contribution in [2.24, 2.45) is 0 Å². The number of nitrogen functional groups attached to an aromatic ring is 1. The van der Waals surface area contributed by atoms with E-state index in [1.54, 1.807) is 0 Å². The number of nitrogens with zero attached hydrogens (tertiary/aromatic N) is 6. The zero-order chi connectivity index (χ0) is 32.3. The van der Waals surface area contributed by atoms with Gasteiger partial charge in [-0.05, 0) is 0 Å². The third-order valence-corrected chi connectivity index (χ3v) is 10.7. The van der Waals surface area contributed by atoms with Gasteiger partial charge in [0.1, 0.15) is 30.5 Å². The number of aliphatic hydroxyl groups is 2. The molecule has 9 atom stereocenters. The molecule has 244 valence electrons. The molecule has 20 nitrogen and oxygen atoms in total. The zero-order valence-corrected chi connectivity index (χ0v) is 26.0. The molecule has 7 N–H and O–H groups in total. The number of fused-ring (bicyclic) bond motifs is 2. The van der Waals surface area contributed by atoms with Gasteiger partial charge in [-0.15, -0.1) is 11.8 Å². The lowest BCUT2D eigenvalue weighted by Gasteiger charge is -2.29. The highest BCUT2D eigenvalue weighted by molar-refractivity contribution is 8.44. The van der Waals surface area contributed by atoms with Crippen molar-refractivity contribution < 1.29 is 46.9 Å². The average Bonchev–Trinajstić information content (AvgIpc) is 3.74. The van der Waals surface area contributed by atoms with Gasteiger partial charge >= 0.3 is 15.1 Å². The van der Waals surface area contributed by atoms with Crippen LogP contribution in [0, 0.1) is 0 Å². The number of aromatic nitrogens is 8. The first-order valence-electron chi connectivity index (χ1n) is 12.8. The largest absolute Gasteiger partial charge is 0.395 e. The highest BCUT2D eigenvalue weighted by Gasteiger charge is 2.56. The molecule has 45 heavy (non-hydrogen) atoms. The lowest BCUT2D eigenvalue weighted by atomic mass is 10.1. The lowest BCUT2D eigenvalue weighted by Crippen LogP contribution is -2.44. The molecule has 25 heteroatoms. The zero-order valence-electron chi connectivity index (χ0n) is 22.4. The summed E-state index contributed by atoms with van der Waals surface area (Å²) >= 11 is 5.00. The summed E-state index contributed by atoms with van der Waals surface area (Å²) in [6, 6.07) is 0. The molecule has 2 saturated heterocycles. The third-order valence-electron chi connectivity index (χ3n) is 7.12. The van der Waals surface area contributed by atoms with Crippen molar-refractivity contribution >= 4 is 67.3 Å². The Bertz CT molecular complexity index is 1940. The highest BCUT2D eigenvalue weighted by Crippen LogP contribution is 2.59. The van der Waals surface area contributed by atoms with Crippen molar-refractivity contribution in [2.45, 2.75) is 40.8 Å². The first-order chi connectivity index (χ1) is 21.3. The maximum atomic E-state index is 16.5. The summed E-state index contributed by atoms with van der Waals surface area (Å²) in [5, 5.41) is 18.9. The Hall–Kier alpha value is -2.69. The summed E-state index contributed by atoms with van der Waals surface area (Å²) in [5.74, 6) is -2.94. The fourth-order valence-corrected chi connectivity index (χ4v) is 8.62. The Labute approximate surface area is 259 Å². The normalized spacial score (nSPS) is 30.7. The molecule has 2 fully saturated rings. The molecule has 6 heterocycles. The van der Waals surface area contributed by atoms with E-state index in [4.69, 9.17) is 24.0 Å². The van der Waals surface area contributed by atoms with Crippen LogP contribution in [0.4, 0.5) is 10.3 Å².